The Kier molecular flexibility index (Phi) is 21.2. The maximum atomic E-state index is 13.8. The van der Waals surface area contributed by atoms with Crippen molar-refractivity contribution < 1.29 is 63.6 Å². The predicted octanol–water partition coefficient (Wildman–Crippen LogP) is -4.21. The number of aliphatic carboxylic acids is 2. The summed E-state index contributed by atoms with van der Waals surface area (Å²) in [6, 6.07) is -3.52. The third-order valence-electron chi connectivity index (χ3n) is 8.18. The van der Waals surface area contributed by atoms with E-state index in [0.29, 0.717) is 18.4 Å². The van der Waals surface area contributed by atoms with Crippen LogP contribution in [0.3, 0.4) is 0 Å². The van der Waals surface area contributed by atoms with Gasteiger partial charge in [-0.1, -0.05) is 26.0 Å². The van der Waals surface area contributed by atoms with Gasteiger partial charge in [0.1, 0.15) is 36.0 Å². The van der Waals surface area contributed by atoms with Gasteiger partial charge in [0.2, 0.25) is 41.4 Å². The van der Waals surface area contributed by atoms with E-state index in [1.165, 1.54) is 31.2 Å². The molecule has 0 fully saturated rings. The fourth-order valence-corrected chi connectivity index (χ4v) is 5.23. The fourth-order valence-electron chi connectivity index (χ4n) is 5.23. The number of carboxylic acid groups (broad SMARTS) is 2. The quantitative estimate of drug-likeness (QED) is 0.0395. The zero-order valence-electron chi connectivity index (χ0n) is 32.0. The summed E-state index contributed by atoms with van der Waals surface area (Å²) >= 11 is 0. The van der Waals surface area contributed by atoms with Gasteiger partial charge in [-0.25, -0.2) is 4.79 Å². The smallest absolute Gasteiger partial charge is 0.326 e. The number of carbonyl (C=O) groups excluding carboxylic acids is 7. The lowest BCUT2D eigenvalue weighted by Gasteiger charge is -2.28. The standard InChI is InChI=1S/C35H55N9O13/c1-17(2)12-23(32(53)43-25(35(56)57)15-26(38)47)41-33(54)24(13-19-7-9-20(46)10-8-19)42-34(55)29(18(3)45)44-31(52)22(6-4-5-11-36)40-27(48)16-39-30(51)21(37)14-28(49)50/h7-10,17-18,21-25,29,45-46H,4-6,11-16,36-37H2,1-3H3,(H2,38,47)(H,39,51)(H,40,48)(H,41,54)(H,42,55)(H,43,53)(H,44,52)(H,49,50)(H,56,57)/t18-,21+,22+,23+,24+,25+,29+/m1/s1. The van der Waals surface area contributed by atoms with Crippen LogP contribution in [0.1, 0.15) is 64.9 Å². The SMILES string of the molecule is CC(C)C[C@H](NC(=O)[C@H](Cc1ccc(O)cc1)NC(=O)[C@@H](NC(=O)[C@H](CCCCN)NC(=O)CNC(=O)[C@@H](N)CC(=O)O)[C@@H](C)O)C(=O)N[C@@H](CC(N)=O)C(=O)O. The van der Waals surface area contributed by atoms with Gasteiger partial charge in [-0.15, -0.1) is 0 Å². The molecule has 0 aromatic heterocycles. The summed E-state index contributed by atoms with van der Waals surface area (Å²) < 4.78 is 0. The van der Waals surface area contributed by atoms with Gasteiger partial charge in [-0.2, -0.15) is 0 Å². The molecule has 0 bridgehead atoms. The number of phenolic OH excluding ortho intramolecular Hbond substituents is 1. The summed E-state index contributed by atoms with van der Waals surface area (Å²) in [5, 5.41) is 52.7. The molecule has 0 heterocycles. The first-order valence-electron chi connectivity index (χ1n) is 18.1. The Labute approximate surface area is 328 Å². The maximum absolute atomic E-state index is 13.8. The monoisotopic (exact) mass is 809 g/mol. The summed E-state index contributed by atoms with van der Waals surface area (Å²) in [7, 11) is 0. The molecular weight excluding hydrogens is 754 g/mol. The average molecular weight is 810 g/mol. The van der Waals surface area contributed by atoms with E-state index in [1.54, 1.807) is 13.8 Å². The number of hydrogen-bond acceptors (Lipinski definition) is 13. The van der Waals surface area contributed by atoms with Crippen molar-refractivity contribution >= 4 is 53.3 Å². The molecule has 1 rings (SSSR count). The highest BCUT2D eigenvalue weighted by Crippen LogP contribution is 2.13. The van der Waals surface area contributed by atoms with Crippen molar-refractivity contribution in [2.24, 2.45) is 23.1 Å². The summed E-state index contributed by atoms with van der Waals surface area (Å²) in [6.45, 7) is 4.17. The first kappa shape index (κ1) is 49.1. The molecule has 22 heteroatoms. The van der Waals surface area contributed by atoms with Crippen molar-refractivity contribution in [3.63, 3.8) is 0 Å². The van der Waals surface area contributed by atoms with Gasteiger partial charge < -0.3 is 69.5 Å². The molecule has 0 aliphatic rings. The van der Waals surface area contributed by atoms with Gasteiger partial charge in [0.05, 0.1) is 31.5 Å². The van der Waals surface area contributed by atoms with Crippen LogP contribution < -0.4 is 49.1 Å². The highest BCUT2D eigenvalue weighted by Gasteiger charge is 2.35. The van der Waals surface area contributed by atoms with Gasteiger partial charge >= 0.3 is 11.9 Å². The molecule has 0 aliphatic heterocycles. The van der Waals surface area contributed by atoms with Crippen molar-refractivity contribution in [1.29, 1.82) is 0 Å². The third kappa shape index (κ3) is 19.0. The molecule has 0 saturated heterocycles. The van der Waals surface area contributed by atoms with Gasteiger partial charge in [-0.05, 0) is 62.8 Å². The topological polar surface area (TPSA) is 385 Å². The number of primary amides is 1. The summed E-state index contributed by atoms with van der Waals surface area (Å²) in [4.78, 5) is 113. The molecule has 1 aromatic carbocycles. The van der Waals surface area contributed by atoms with Crippen molar-refractivity contribution in [1.82, 2.24) is 31.9 Å². The number of nitrogens with two attached hydrogens (primary N) is 3. The van der Waals surface area contributed by atoms with Crippen LogP contribution in [0.25, 0.3) is 0 Å². The van der Waals surface area contributed by atoms with Gasteiger partial charge in [0.25, 0.3) is 0 Å². The lowest BCUT2D eigenvalue weighted by atomic mass is 10.00. The van der Waals surface area contributed by atoms with Crippen molar-refractivity contribution in [3.8, 4) is 5.75 Å². The van der Waals surface area contributed by atoms with Crippen LogP contribution in [-0.4, -0.2) is 129 Å². The van der Waals surface area contributed by atoms with Crippen LogP contribution in [0.15, 0.2) is 24.3 Å². The van der Waals surface area contributed by atoms with Crippen LogP contribution in [0.2, 0.25) is 0 Å². The number of unbranched alkanes of at least 4 members (excludes halogenated alkanes) is 1. The van der Waals surface area contributed by atoms with E-state index in [-0.39, 0.29) is 37.5 Å². The molecule has 318 valence electrons. The number of aromatic hydroxyl groups is 1. The van der Waals surface area contributed by atoms with E-state index in [4.69, 9.17) is 22.3 Å². The number of benzene rings is 1. The summed E-state index contributed by atoms with van der Waals surface area (Å²) in [6.07, 6.45) is -2.50. The molecule has 7 atom stereocenters. The minimum absolute atomic E-state index is 0.00274. The van der Waals surface area contributed by atoms with Gasteiger partial charge in [0.15, 0.2) is 0 Å². The van der Waals surface area contributed by atoms with E-state index in [2.05, 4.69) is 31.9 Å². The van der Waals surface area contributed by atoms with Crippen LogP contribution in [0.5, 0.6) is 5.75 Å². The maximum Gasteiger partial charge on any atom is 0.326 e. The number of aliphatic hydroxyl groups is 1. The normalized spacial score (nSPS) is 14.6. The van der Waals surface area contributed by atoms with Crippen molar-refractivity contribution in [2.75, 3.05) is 13.1 Å². The van der Waals surface area contributed by atoms with Crippen LogP contribution in [0, 0.1) is 5.92 Å². The van der Waals surface area contributed by atoms with Crippen LogP contribution in [-0.2, 0) is 49.6 Å². The average Bonchev–Trinajstić information content (AvgIpc) is 3.11. The van der Waals surface area contributed by atoms with Gasteiger partial charge in [0, 0.05) is 6.42 Å². The first-order valence-corrected chi connectivity index (χ1v) is 18.1. The molecule has 7 amide bonds. The Bertz CT molecular complexity index is 1570. The van der Waals surface area contributed by atoms with E-state index >= 15 is 0 Å². The molecular formula is C35H55N9O13. The number of rotatable bonds is 26. The van der Waals surface area contributed by atoms with Crippen molar-refractivity contribution in [2.45, 2.75) is 108 Å². The Morgan fingerprint density at radius 2 is 1.26 bits per heavy atom. The number of carboxylic acids is 2. The number of phenols is 1. The molecule has 57 heavy (non-hydrogen) atoms. The minimum Gasteiger partial charge on any atom is -0.508 e. The van der Waals surface area contributed by atoms with Crippen LogP contribution >= 0.6 is 0 Å². The lowest BCUT2D eigenvalue weighted by molar-refractivity contribution is -0.144. The molecule has 16 N–H and O–H groups in total. The summed E-state index contributed by atoms with van der Waals surface area (Å²) in [5.74, 6) is -9.93. The number of amides is 7. The Morgan fingerprint density at radius 3 is 1.79 bits per heavy atom. The predicted molar refractivity (Wildman–Crippen MR) is 200 cm³/mol. The first-order chi connectivity index (χ1) is 26.6. The third-order valence-corrected chi connectivity index (χ3v) is 8.18. The Balaban J connectivity index is 3.33. The lowest BCUT2D eigenvalue weighted by Crippen LogP contribution is -2.61. The second kappa shape index (κ2) is 24.6. The largest absolute Gasteiger partial charge is 0.508 e. The zero-order valence-corrected chi connectivity index (χ0v) is 32.0. The van der Waals surface area contributed by atoms with E-state index in [9.17, 15) is 58.5 Å². The number of aliphatic hydroxyl groups excluding tert-OH is 1. The Morgan fingerprint density at radius 1 is 0.702 bits per heavy atom. The van der Waals surface area contributed by atoms with Crippen LogP contribution in [0.4, 0.5) is 0 Å². The molecule has 1 aromatic rings. The molecule has 0 spiro atoms. The van der Waals surface area contributed by atoms with E-state index in [0.717, 1.165) is 0 Å². The zero-order chi connectivity index (χ0) is 43.4. The molecule has 0 aliphatic carbocycles. The summed E-state index contributed by atoms with van der Waals surface area (Å²) in [5.41, 5.74) is 16.6. The van der Waals surface area contributed by atoms with Crippen molar-refractivity contribution in [3.05, 3.63) is 29.8 Å². The van der Waals surface area contributed by atoms with Gasteiger partial charge in [-0.3, -0.25) is 38.4 Å². The number of hydrogen-bond donors (Lipinski definition) is 13. The Hall–Kier alpha value is -5.87. The second-order valence-corrected chi connectivity index (χ2v) is 13.7. The minimum atomic E-state index is -1.73. The molecule has 22 nitrogen and oxygen atoms in total. The number of nitrogens with one attached hydrogen (secondary N) is 6. The number of carbonyl (C=O) groups is 9. The highest BCUT2D eigenvalue weighted by atomic mass is 16.4. The molecule has 0 radical (unpaired) electrons. The highest BCUT2D eigenvalue weighted by molar-refractivity contribution is 5.97. The molecule has 0 unspecified atom stereocenters. The molecule has 0 saturated carbocycles. The van der Waals surface area contributed by atoms with E-state index in [1.807, 2.05) is 0 Å². The van der Waals surface area contributed by atoms with E-state index < -0.39 is 115 Å². The second-order valence-electron chi connectivity index (χ2n) is 13.7. The fraction of sp³-hybridized carbons (Fsp3) is 0.571.